The van der Waals surface area contributed by atoms with Crippen LogP contribution in [0.5, 0.6) is 0 Å². The van der Waals surface area contributed by atoms with E-state index in [1.54, 1.807) is 12.2 Å². The fourth-order valence-electron chi connectivity index (χ4n) is 2.29. The first-order chi connectivity index (χ1) is 13.1. The Morgan fingerprint density at radius 1 is 1.04 bits per heavy atom. The lowest BCUT2D eigenvalue weighted by atomic mass is 10.1. The normalized spacial score (nSPS) is 13.7. The summed E-state index contributed by atoms with van der Waals surface area (Å²) in [5.74, 6) is 5.35. The van der Waals surface area contributed by atoms with Crippen LogP contribution in [0.15, 0.2) is 66.8 Å². The zero-order chi connectivity index (χ0) is 19.7. The summed E-state index contributed by atoms with van der Waals surface area (Å²) >= 11 is 0. The zero-order valence-corrected chi connectivity index (χ0v) is 15.5. The Labute approximate surface area is 161 Å². The molecule has 0 aliphatic carbocycles. The molecule has 27 heavy (non-hydrogen) atoms. The molecule has 4 nitrogen and oxygen atoms in total. The van der Waals surface area contributed by atoms with E-state index in [1.807, 2.05) is 36.4 Å². The van der Waals surface area contributed by atoms with E-state index in [0.717, 1.165) is 12.8 Å². The fourth-order valence-corrected chi connectivity index (χ4v) is 2.29. The Morgan fingerprint density at radius 2 is 1.78 bits per heavy atom. The highest BCUT2D eigenvalue weighted by Gasteiger charge is 2.12. The molecule has 0 saturated heterocycles. The summed E-state index contributed by atoms with van der Waals surface area (Å²) < 4.78 is 0. The van der Waals surface area contributed by atoms with Crippen molar-refractivity contribution < 1.29 is 20.1 Å². The molecule has 2 atom stereocenters. The van der Waals surface area contributed by atoms with Gasteiger partial charge in [-0.25, -0.2) is 0 Å². The summed E-state index contributed by atoms with van der Waals surface area (Å²) in [6, 6.07) is 10.3. The molecule has 4 heteroatoms. The molecule has 0 radical (unpaired) electrons. The number of aliphatic hydroxyl groups excluding tert-OH is 2. The van der Waals surface area contributed by atoms with Crippen LogP contribution >= 0.6 is 0 Å². The minimum atomic E-state index is -0.997. The first-order valence-electron chi connectivity index (χ1n) is 9.17. The second-order valence-corrected chi connectivity index (χ2v) is 6.09. The van der Waals surface area contributed by atoms with Crippen LogP contribution < -0.4 is 0 Å². The molecule has 0 heterocycles. The van der Waals surface area contributed by atoms with E-state index in [1.165, 1.54) is 11.6 Å². The Hall–Kier alpha value is -2.61. The molecule has 0 aliphatic rings. The van der Waals surface area contributed by atoms with Crippen molar-refractivity contribution in [2.24, 2.45) is 0 Å². The molecule has 3 N–H and O–H groups in total. The predicted octanol–water partition coefficient (Wildman–Crippen LogP) is 3.66. The van der Waals surface area contributed by atoms with E-state index in [-0.39, 0.29) is 12.8 Å². The summed E-state index contributed by atoms with van der Waals surface area (Å²) in [5.41, 5.74) is 1.30. The Bertz CT molecular complexity index is 677. The summed E-state index contributed by atoms with van der Waals surface area (Å²) in [6.07, 6.45) is 11.7. The maximum absolute atomic E-state index is 10.4. The van der Waals surface area contributed by atoms with Gasteiger partial charge in [0.15, 0.2) is 0 Å². The van der Waals surface area contributed by atoms with Gasteiger partial charge in [0.2, 0.25) is 0 Å². The quantitative estimate of drug-likeness (QED) is 0.411. The molecule has 0 unspecified atom stereocenters. The van der Waals surface area contributed by atoms with E-state index in [2.05, 4.69) is 24.0 Å². The number of rotatable bonds is 11. The summed E-state index contributed by atoms with van der Waals surface area (Å²) in [7, 11) is 0. The van der Waals surface area contributed by atoms with Gasteiger partial charge in [-0.15, -0.1) is 5.92 Å². The predicted molar refractivity (Wildman–Crippen MR) is 108 cm³/mol. The number of allylic oxidation sites excluding steroid dienone is 5. The minimum absolute atomic E-state index is 0.00661. The number of aliphatic hydroxyl groups is 2. The number of carboxylic acid groups (broad SMARTS) is 1. The molecular formula is C23H28O4. The topological polar surface area (TPSA) is 77.8 Å². The molecule has 0 saturated carbocycles. The zero-order valence-electron chi connectivity index (χ0n) is 15.5. The van der Waals surface area contributed by atoms with Crippen molar-refractivity contribution in [3.63, 3.8) is 0 Å². The minimum Gasteiger partial charge on any atom is -0.481 e. The largest absolute Gasteiger partial charge is 0.481 e. The summed E-state index contributed by atoms with van der Waals surface area (Å²) in [4.78, 5) is 10.4. The lowest BCUT2D eigenvalue weighted by Crippen LogP contribution is -2.23. The first-order valence-corrected chi connectivity index (χ1v) is 9.17. The van der Waals surface area contributed by atoms with Gasteiger partial charge in [-0.2, -0.15) is 0 Å². The van der Waals surface area contributed by atoms with Crippen molar-refractivity contribution in [3.8, 4) is 11.8 Å². The molecule has 1 aromatic carbocycles. The highest BCUT2D eigenvalue weighted by atomic mass is 16.4. The molecule has 0 amide bonds. The number of carboxylic acids is 1. The highest BCUT2D eigenvalue weighted by Crippen LogP contribution is 2.06. The van der Waals surface area contributed by atoms with E-state index in [9.17, 15) is 15.0 Å². The van der Waals surface area contributed by atoms with Gasteiger partial charge in [-0.05, 0) is 24.8 Å². The molecule has 0 bridgehead atoms. The molecule has 1 rings (SSSR count). The summed E-state index contributed by atoms with van der Waals surface area (Å²) in [5, 5.41) is 28.0. The van der Waals surface area contributed by atoms with E-state index < -0.39 is 18.2 Å². The first kappa shape index (κ1) is 22.4. The lowest BCUT2D eigenvalue weighted by Gasteiger charge is -2.13. The number of hydrogen-bond acceptors (Lipinski definition) is 3. The molecule has 1 aromatic rings. The molecular weight excluding hydrogens is 340 g/mol. The van der Waals surface area contributed by atoms with Crippen LogP contribution in [0, 0.1) is 11.8 Å². The number of hydrogen-bond donors (Lipinski definition) is 3. The van der Waals surface area contributed by atoms with Crippen molar-refractivity contribution in [2.75, 3.05) is 0 Å². The molecule has 0 aliphatic heterocycles. The van der Waals surface area contributed by atoms with Crippen molar-refractivity contribution in [1.29, 1.82) is 0 Å². The second-order valence-electron chi connectivity index (χ2n) is 6.09. The van der Waals surface area contributed by atoms with Crippen molar-refractivity contribution in [1.82, 2.24) is 0 Å². The SMILES string of the molecule is O=C(O)CCC[C@H](O)[C@H](O)/C=C/C=C/C=C\CC#CCCc1ccccc1. The van der Waals surface area contributed by atoms with Gasteiger partial charge >= 0.3 is 5.97 Å². The van der Waals surface area contributed by atoms with E-state index in [0.29, 0.717) is 12.8 Å². The number of benzene rings is 1. The van der Waals surface area contributed by atoms with Crippen molar-refractivity contribution >= 4 is 5.97 Å². The third-order valence-corrected chi connectivity index (χ3v) is 3.79. The number of aliphatic carboxylic acids is 1. The maximum atomic E-state index is 10.4. The second kappa shape index (κ2) is 14.5. The van der Waals surface area contributed by atoms with Crippen molar-refractivity contribution in [3.05, 3.63) is 72.4 Å². The van der Waals surface area contributed by atoms with Gasteiger partial charge in [0.05, 0.1) is 12.2 Å². The molecule has 144 valence electrons. The Kier molecular flexibility index (Phi) is 12.1. The van der Waals surface area contributed by atoms with Crippen LogP contribution in [-0.2, 0) is 11.2 Å². The monoisotopic (exact) mass is 368 g/mol. The van der Waals surface area contributed by atoms with Crippen molar-refractivity contribution in [2.45, 2.75) is 50.7 Å². The third kappa shape index (κ3) is 12.4. The fraction of sp³-hybridized carbons (Fsp3) is 0.348. The molecule has 0 fully saturated rings. The average Bonchev–Trinajstić information content (AvgIpc) is 2.66. The van der Waals surface area contributed by atoms with Gasteiger partial charge in [0.25, 0.3) is 0 Å². The van der Waals surface area contributed by atoms with Gasteiger partial charge < -0.3 is 15.3 Å². The Balaban J connectivity index is 2.15. The van der Waals surface area contributed by atoms with Gasteiger partial charge in [0, 0.05) is 19.3 Å². The molecule has 0 aromatic heterocycles. The maximum Gasteiger partial charge on any atom is 0.303 e. The molecule has 0 spiro atoms. The van der Waals surface area contributed by atoms with Crippen LogP contribution in [0.1, 0.15) is 37.7 Å². The smallest absolute Gasteiger partial charge is 0.303 e. The summed E-state index contributed by atoms with van der Waals surface area (Å²) in [6.45, 7) is 0. The lowest BCUT2D eigenvalue weighted by molar-refractivity contribution is -0.137. The average molecular weight is 368 g/mol. The van der Waals surface area contributed by atoms with Crippen LogP contribution in [0.4, 0.5) is 0 Å². The highest BCUT2D eigenvalue weighted by molar-refractivity contribution is 5.66. The van der Waals surface area contributed by atoms with Gasteiger partial charge in [0.1, 0.15) is 0 Å². The standard InChI is InChI=1S/C23H28O4/c24-21(22(25)18-13-19-23(26)27)17-12-7-5-3-1-2-4-6-9-14-20-15-10-8-11-16-20/h1,3,5,7-8,10-12,15-17,21-22,24-25H,2,9,13-14,18-19H2,(H,26,27)/b3-1-,7-5+,17-12+/t21-,22+/m1/s1. The van der Waals surface area contributed by atoms with Crippen LogP contribution in [0.2, 0.25) is 0 Å². The van der Waals surface area contributed by atoms with Gasteiger partial charge in [-0.1, -0.05) is 72.7 Å². The van der Waals surface area contributed by atoms with Crippen LogP contribution in [0.3, 0.4) is 0 Å². The third-order valence-electron chi connectivity index (χ3n) is 3.79. The number of carbonyl (C=O) groups is 1. The Morgan fingerprint density at radius 3 is 2.52 bits per heavy atom. The van der Waals surface area contributed by atoms with Gasteiger partial charge in [-0.3, -0.25) is 4.79 Å². The van der Waals surface area contributed by atoms with Crippen LogP contribution in [-0.4, -0.2) is 33.5 Å². The van der Waals surface area contributed by atoms with Crippen LogP contribution in [0.25, 0.3) is 0 Å². The number of aryl methyl sites for hydroxylation is 1. The van der Waals surface area contributed by atoms with E-state index >= 15 is 0 Å². The van der Waals surface area contributed by atoms with E-state index in [4.69, 9.17) is 5.11 Å².